The summed E-state index contributed by atoms with van der Waals surface area (Å²) in [5.41, 5.74) is 5.77. The Morgan fingerprint density at radius 1 is 0.920 bits per heavy atom. The number of carboxylic acid groups (broad SMARTS) is 2. The lowest BCUT2D eigenvalue weighted by Crippen LogP contribution is -2.55. The molecule has 0 radical (unpaired) electrons. The quantitative estimate of drug-likeness (QED) is 0.345. The lowest BCUT2D eigenvalue weighted by molar-refractivity contribution is -0.143. The number of carbonyl (C=O) groups excluding carboxylic acids is 2. The first-order valence-corrected chi connectivity index (χ1v) is 8.26. The van der Waals surface area contributed by atoms with Crippen molar-refractivity contribution in [3.05, 3.63) is 0 Å². The van der Waals surface area contributed by atoms with E-state index in [-0.39, 0.29) is 18.3 Å². The van der Waals surface area contributed by atoms with Gasteiger partial charge in [0.25, 0.3) is 0 Å². The van der Waals surface area contributed by atoms with Gasteiger partial charge in [0.2, 0.25) is 11.8 Å². The summed E-state index contributed by atoms with van der Waals surface area (Å²) in [6.45, 7) is 7.25. The fraction of sp³-hybridized carbons (Fsp3) is 0.750. The zero-order valence-electron chi connectivity index (χ0n) is 15.1. The molecule has 6 N–H and O–H groups in total. The molecule has 0 bridgehead atoms. The predicted octanol–water partition coefficient (Wildman–Crippen LogP) is -0.0652. The van der Waals surface area contributed by atoms with Gasteiger partial charge in [0.1, 0.15) is 12.1 Å². The minimum atomic E-state index is -1.34. The molecule has 0 aliphatic carbocycles. The van der Waals surface area contributed by atoms with Gasteiger partial charge in [-0.15, -0.1) is 0 Å². The molecule has 0 aliphatic rings. The van der Waals surface area contributed by atoms with E-state index in [0.29, 0.717) is 6.42 Å². The molecule has 9 heteroatoms. The minimum Gasteiger partial charge on any atom is -0.481 e. The molecule has 0 fully saturated rings. The second-order valence-electron chi connectivity index (χ2n) is 6.79. The third-order valence-electron chi connectivity index (χ3n) is 3.62. The van der Waals surface area contributed by atoms with E-state index in [1.807, 2.05) is 13.8 Å². The summed E-state index contributed by atoms with van der Waals surface area (Å²) in [5.74, 6) is -3.71. The molecule has 3 atom stereocenters. The van der Waals surface area contributed by atoms with Crippen molar-refractivity contribution in [1.82, 2.24) is 10.6 Å². The first kappa shape index (κ1) is 22.8. The number of rotatable bonds is 11. The molecule has 0 aromatic heterocycles. The van der Waals surface area contributed by atoms with Crippen LogP contribution in [0.25, 0.3) is 0 Å². The maximum atomic E-state index is 12.4. The highest BCUT2D eigenvalue weighted by atomic mass is 16.4. The van der Waals surface area contributed by atoms with Crippen LogP contribution in [0.2, 0.25) is 0 Å². The second-order valence-corrected chi connectivity index (χ2v) is 6.79. The zero-order valence-corrected chi connectivity index (χ0v) is 15.1. The molecular weight excluding hydrogens is 330 g/mol. The number of carbonyl (C=O) groups is 4. The van der Waals surface area contributed by atoms with Crippen molar-refractivity contribution < 1.29 is 29.4 Å². The van der Waals surface area contributed by atoms with Crippen molar-refractivity contribution in [2.45, 2.75) is 65.1 Å². The summed E-state index contributed by atoms with van der Waals surface area (Å²) in [4.78, 5) is 46.3. The van der Waals surface area contributed by atoms with Crippen LogP contribution in [0.4, 0.5) is 0 Å². The van der Waals surface area contributed by atoms with E-state index in [1.54, 1.807) is 13.8 Å². The standard InChI is InChI=1S/C16H29N3O6/c1-8(2)7-11(19-15(23)13(17)9(3)4)14(22)18-10(16(24)25)5-6-12(20)21/h8-11,13H,5-7,17H2,1-4H3,(H,18,22)(H,19,23)(H,20,21)(H,24,25)/t10-,11-,13-/m0/s1. The maximum absolute atomic E-state index is 12.4. The molecule has 0 aromatic rings. The number of aliphatic carboxylic acids is 2. The monoisotopic (exact) mass is 359 g/mol. The molecule has 9 nitrogen and oxygen atoms in total. The highest BCUT2D eigenvalue weighted by Crippen LogP contribution is 2.08. The maximum Gasteiger partial charge on any atom is 0.326 e. The Bertz CT molecular complexity index is 492. The molecule has 0 aliphatic heterocycles. The van der Waals surface area contributed by atoms with E-state index in [1.165, 1.54) is 0 Å². The molecule has 0 aromatic carbocycles. The van der Waals surface area contributed by atoms with Crippen LogP contribution in [-0.2, 0) is 19.2 Å². The van der Waals surface area contributed by atoms with E-state index in [0.717, 1.165) is 0 Å². The van der Waals surface area contributed by atoms with Gasteiger partial charge in [0.05, 0.1) is 6.04 Å². The molecule has 2 amide bonds. The minimum absolute atomic E-state index is 0.0635. The average molecular weight is 359 g/mol. The largest absolute Gasteiger partial charge is 0.481 e. The molecular formula is C16H29N3O6. The zero-order chi connectivity index (χ0) is 19.7. The summed E-state index contributed by atoms with van der Waals surface area (Å²) < 4.78 is 0. The Hall–Kier alpha value is -2.16. The third-order valence-corrected chi connectivity index (χ3v) is 3.62. The lowest BCUT2D eigenvalue weighted by Gasteiger charge is -2.24. The van der Waals surface area contributed by atoms with Crippen LogP contribution in [0.3, 0.4) is 0 Å². The van der Waals surface area contributed by atoms with E-state index >= 15 is 0 Å². The third kappa shape index (κ3) is 9.04. The highest BCUT2D eigenvalue weighted by molar-refractivity contribution is 5.91. The Morgan fingerprint density at radius 3 is 1.84 bits per heavy atom. The van der Waals surface area contributed by atoms with Gasteiger partial charge in [0, 0.05) is 6.42 Å². The van der Waals surface area contributed by atoms with Gasteiger partial charge in [-0.3, -0.25) is 14.4 Å². The van der Waals surface area contributed by atoms with Crippen LogP contribution in [0.1, 0.15) is 47.0 Å². The number of carboxylic acids is 2. The topological polar surface area (TPSA) is 159 Å². The molecule has 0 saturated heterocycles. The highest BCUT2D eigenvalue weighted by Gasteiger charge is 2.29. The molecule has 144 valence electrons. The van der Waals surface area contributed by atoms with Crippen LogP contribution in [0, 0.1) is 11.8 Å². The lowest BCUT2D eigenvalue weighted by atomic mass is 10.00. The fourth-order valence-corrected chi connectivity index (χ4v) is 2.07. The van der Waals surface area contributed by atoms with Crippen LogP contribution in [0.15, 0.2) is 0 Å². The van der Waals surface area contributed by atoms with Crippen molar-refractivity contribution in [2.24, 2.45) is 17.6 Å². The van der Waals surface area contributed by atoms with Gasteiger partial charge in [-0.2, -0.15) is 0 Å². The molecule has 25 heavy (non-hydrogen) atoms. The van der Waals surface area contributed by atoms with Crippen molar-refractivity contribution in [1.29, 1.82) is 0 Å². The Balaban J connectivity index is 5.05. The summed E-state index contributed by atoms with van der Waals surface area (Å²) in [5, 5.41) is 22.6. The molecule has 0 saturated carbocycles. The fourth-order valence-electron chi connectivity index (χ4n) is 2.07. The molecule has 0 unspecified atom stereocenters. The van der Waals surface area contributed by atoms with Gasteiger partial charge < -0.3 is 26.6 Å². The van der Waals surface area contributed by atoms with E-state index in [4.69, 9.17) is 15.9 Å². The van der Waals surface area contributed by atoms with Crippen LogP contribution < -0.4 is 16.4 Å². The molecule has 0 spiro atoms. The SMILES string of the molecule is CC(C)C[C@H](NC(=O)[C@@H](N)C(C)C)C(=O)N[C@@H](CCC(=O)O)C(=O)O. The summed E-state index contributed by atoms with van der Waals surface area (Å²) in [7, 11) is 0. The van der Waals surface area contributed by atoms with Crippen LogP contribution in [0.5, 0.6) is 0 Å². The molecule has 0 rings (SSSR count). The first-order valence-electron chi connectivity index (χ1n) is 8.26. The second kappa shape index (κ2) is 10.7. The van der Waals surface area contributed by atoms with E-state index < -0.39 is 48.3 Å². The van der Waals surface area contributed by atoms with Crippen LogP contribution in [-0.4, -0.2) is 52.1 Å². The first-order chi connectivity index (χ1) is 11.5. The Kier molecular flexibility index (Phi) is 9.73. The van der Waals surface area contributed by atoms with Gasteiger partial charge in [0.15, 0.2) is 0 Å². The number of amides is 2. The number of nitrogens with one attached hydrogen (secondary N) is 2. The Labute approximate surface area is 147 Å². The van der Waals surface area contributed by atoms with Gasteiger partial charge in [-0.1, -0.05) is 27.7 Å². The summed E-state index contributed by atoms with van der Waals surface area (Å²) in [6.07, 6.45) is -0.339. The van der Waals surface area contributed by atoms with Crippen molar-refractivity contribution in [2.75, 3.05) is 0 Å². The summed E-state index contributed by atoms with van der Waals surface area (Å²) in [6, 6.07) is -3.07. The number of hydrogen-bond donors (Lipinski definition) is 5. The number of nitrogens with two attached hydrogens (primary N) is 1. The summed E-state index contributed by atoms with van der Waals surface area (Å²) >= 11 is 0. The van der Waals surface area contributed by atoms with Crippen molar-refractivity contribution in [3.8, 4) is 0 Å². The number of hydrogen-bond acceptors (Lipinski definition) is 5. The Morgan fingerprint density at radius 2 is 1.44 bits per heavy atom. The van der Waals surface area contributed by atoms with Gasteiger partial charge in [-0.25, -0.2) is 4.79 Å². The predicted molar refractivity (Wildman–Crippen MR) is 90.6 cm³/mol. The van der Waals surface area contributed by atoms with E-state index in [9.17, 15) is 19.2 Å². The smallest absolute Gasteiger partial charge is 0.326 e. The molecule has 0 heterocycles. The van der Waals surface area contributed by atoms with E-state index in [2.05, 4.69) is 10.6 Å². The normalized spacial score (nSPS) is 14.7. The average Bonchev–Trinajstić information content (AvgIpc) is 2.48. The van der Waals surface area contributed by atoms with Gasteiger partial charge >= 0.3 is 11.9 Å². The van der Waals surface area contributed by atoms with Crippen LogP contribution >= 0.6 is 0 Å². The van der Waals surface area contributed by atoms with Crippen molar-refractivity contribution >= 4 is 23.8 Å². The van der Waals surface area contributed by atoms with Gasteiger partial charge in [-0.05, 0) is 24.7 Å². The van der Waals surface area contributed by atoms with Crippen molar-refractivity contribution in [3.63, 3.8) is 0 Å².